The van der Waals surface area contributed by atoms with E-state index in [4.69, 9.17) is 16.7 Å². The van der Waals surface area contributed by atoms with Gasteiger partial charge in [0, 0.05) is 6.07 Å². The van der Waals surface area contributed by atoms with Crippen molar-refractivity contribution >= 4 is 17.6 Å². The van der Waals surface area contributed by atoms with E-state index >= 15 is 0 Å². The Labute approximate surface area is 103 Å². The van der Waals surface area contributed by atoms with Gasteiger partial charge in [-0.3, -0.25) is 0 Å². The van der Waals surface area contributed by atoms with Crippen LogP contribution in [-0.2, 0) is 0 Å². The van der Waals surface area contributed by atoms with Gasteiger partial charge in [0.15, 0.2) is 23.1 Å². The Morgan fingerprint density at radius 1 is 1.28 bits per heavy atom. The lowest BCUT2D eigenvalue weighted by molar-refractivity contribution is 0.0686. The van der Waals surface area contributed by atoms with Gasteiger partial charge in [0.05, 0.1) is 5.56 Å². The number of hydrogen-bond acceptors (Lipinski definition) is 3. The van der Waals surface area contributed by atoms with Crippen LogP contribution in [0.25, 0.3) is 11.3 Å². The zero-order chi connectivity index (χ0) is 13.4. The third-order valence-corrected chi connectivity index (χ3v) is 2.44. The lowest BCUT2D eigenvalue weighted by atomic mass is 10.1. The minimum absolute atomic E-state index is 0.417. The standard InChI is InChI=1S/C10H3ClF3NO3/c11-7-4(12)1-3(8(13)9(7)14)6-2-5(10(16)17)15-18-6/h1-2H,(H,16,17). The summed E-state index contributed by atoms with van der Waals surface area (Å²) in [5.41, 5.74) is -1.12. The summed E-state index contributed by atoms with van der Waals surface area (Å²) in [5, 5.41) is 10.7. The number of carbonyl (C=O) groups is 1. The summed E-state index contributed by atoms with van der Waals surface area (Å²) in [6, 6.07) is 1.43. The summed E-state index contributed by atoms with van der Waals surface area (Å²) in [5.74, 6) is -6.06. The Morgan fingerprint density at radius 3 is 2.50 bits per heavy atom. The van der Waals surface area contributed by atoms with E-state index in [1.165, 1.54) is 0 Å². The van der Waals surface area contributed by atoms with Crippen LogP contribution in [-0.4, -0.2) is 16.2 Å². The van der Waals surface area contributed by atoms with Crippen LogP contribution >= 0.6 is 11.6 Å². The van der Waals surface area contributed by atoms with Crippen molar-refractivity contribution in [2.24, 2.45) is 0 Å². The molecule has 1 heterocycles. The minimum atomic E-state index is -1.58. The summed E-state index contributed by atoms with van der Waals surface area (Å²) < 4.78 is 44.3. The number of halogens is 4. The van der Waals surface area contributed by atoms with Crippen LogP contribution in [0.15, 0.2) is 16.7 Å². The molecule has 0 saturated carbocycles. The molecule has 18 heavy (non-hydrogen) atoms. The fourth-order valence-electron chi connectivity index (χ4n) is 1.26. The highest BCUT2D eigenvalue weighted by molar-refractivity contribution is 6.31. The van der Waals surface area contributed by atoms with E-state index in [1.807, 2.05) is 0 Å². The van der Waals surface area contributed by atoms with E-state index in [-0.39, 0.29) is 0 Å². The van der Waals surface area contributed by atoms with E-state index < -0.39 is 45.5 Å². The topological polar surface area (TPSA) is 63.3 Å². The molecule has 0 saturated heterocycles. The van der Waals surface area contributed by atoms with Gasteiger partial charge in [0.1, 0.15) is 10.8 Å². The number of benzene rings is 1. The maximum Gasteiger partial charge on any atom is 0.358 e. The molecule has 0 amide bonds. The first kappa shape index (κ1) is 12.4. The van der Waals surface area contributed by atoms with Crippen molar-refractivity contribution in [1.29, 1.82) is 0 Å². The van der Waals surface area contributed by atoms with Crippen LogP contribution in [0.5, 0.6) is 0 Å². The molecule has 0 radical (unpaired) electrons. The summed E-state index contributed by atoms with van der Waals surface area (Å²) in [6.07, 6.45) is 0. The van der Waals surface area contributed by atoms with Crippen LogP contribution in [0.4, 0.5) is 13.2 Å². The predicted molar refractivity (Wildman–Crippen MR) is 53.8 cm³/mol. The zero-order valence-corrected chi connectivity index (χ0v) is 9.13. The molecule has 94 valence electrons. The quantitative estimate of drug-likeness (QED) is 0.677. The minimum Gasteiger partial charge on any atom is -0.476 e. The van der Waals surface area contributed by atoms with Gasteiger partial charge in [-0.2, -0.15) is 0 Å². The van der Waals surface area contributed by atoms with E-state index in [2.05, 4.69) is 9.68 Å². The number of nitrogens with zero attached hydrogens (tertiary/aromatic N) is 1. The Balaban J connectivity index is 2.60. The van der Waals surface area contributed by atoms with Crippen LogP contribution in [0, 0.1) is 17.5 Å². The van der Waals surface area contributed by atoms with Crippen molar-refractivity contribution in [3.63, 3.8) is 0 Å². The summed E-state index contributed by atoms with van der Waals surface area (Å²) in [4.78, 5) is 10.5. The van der Waals surface area contributed by atoms with Crippen LogP contribution < -0.4 is 0 Å². The molecule has 1 aromatic carbocycles. The van der Waals surface area contributed by atoms with Crippen LogP contribution in [0.1, 0.15) is 10.5 Å². The molecule has 1 aromatic heterocycles. The Bertz CT molecular complexity index is 642. The number of hydrogen-bond donors (Lipinski definition) is 1. The van der Waals surface area contributed by atoms with E-state index in [0.717, 1.165) is 6.07 Å². The monoisotopic (exact) mass is 277 g/mol. The molecule has 0 bridgehead atoms. The van der Waals surface area contributed by atoms with Crippen molar-refractivity contribution < 1.29 is 27.6 Å². The van der Waals surface area contributed by atoms with Crippen LogP contribution in [0.2, 0.25) is 5.02 Å². The molecule has 0 unspecified atom stereocenters. The highest BCUT2D eigenvalue weighted by Gasteiger charge is 2.22. The molecule has 0 aliphatic carbocycles. The first-order chi connectivity index (χ1) is 8.41. The molecular formula is C10H3ClF3NO3. The van der Waals surface area contributed by atoms with Gasteiger partial charge >= 0.3 is 5.97 Å². The number of rotatable bonds is 2. The maximum atomic E-state index is 13.5. The zero-order valence-electron chi connectivity index (χ0n) is 8.38. The summed E-state index contributed by atoms with van der Waals surface area (Å²) in [6.45, 7) is 0. The SMILES string of the molecule is O=C(O)c1cc(-c2cc(F)c(Cl)c(F)c2F)on1. The lowest BCUT2D eigenvalue weighted by Gasteiger charge is -2.02. The normalized spacial score (nSPS) is 10.7. The van der Waals surface area contributed by atoms with E-state index in [1.54, 1.807) is 0 Å². The molecule has 8 heteroatoms. The molecule has 0 aliphatic rings. The molecule has 0 aliphatic heterocycles. The first-order valence-corrected chi connectivity index (χ1v) is 4.83. The van der Waals surface area contributed by atoms with Gasteiger partial charge < -0.3 is 9.63 Å². The molecular weight excluding hydrogens is 275 g/mol. The van der Waals surface area contributed by atoms with Gasteiger partial charge in [0.25, 0.3) is 0 Å². The van der Waals surface area contributed by atoms with E-state index in [0.29, 0.717) is 6.07 Å². The molecule has 0 atom stereocenters. The molecule has 0 fully saturated rings. The number of carboxylic acids is 1. The maximum absolute atomic E-state index is 13.5. The molecule has 2 rings (SSSR count). The van der Waals surface area contributed by atoms with Crippen LogP contribution in [0.3, 0.4) is 0 Å². The second kappa shape index (κ2) is 4.34. The van der Waals surface area contributed by atoms with E-state index in [9.17, 15) is 18.0 Å². The van der Waals surface area contributed by atoms with Gasteiger partial charge in [-0.05, 0) is 6.07 Å². The second-order valence-electron chi connectivity index (χ2n) is 3.23. The summed E-state index contributed by atoms with van der Waals surface area (Å²) in [7, 11) is 0. The van der Waals surface area contributed by atoms with Gasteiger partial charge in [-0.1, -0.05) is 16.8 Å². The van der Waals surface area contributed by atoms with Crippen molar-refractivity contribution in [2.45, 2.75) is 0 Å². The second-order valence-corrected chi connectivity index (χ2v) is 3.61. The highest BCUT2D eigenvalue weighted by atomic mass is 35.5. The third kappa shape index (κ3) is 1.92. The number of aromatic nitrogens is 1. The average Bonchev–Trinajstić information content (AvgIpc) is 2.80. The van der Waals surface area contributed by atoms with Gasteiger partial charge in [0.2, 0.25) is 0 Å². The number of carboxylic acid groups (broad SMARTS) is 1. The molecule has 1 N–H and O–H groups in total. The predicted octanol–water partition coefficient (Wildman–Crippen LogP) is 3.11. The molecule has 2 aromatic rings. The first-order valence-electron chi connectivity index (χ1n) is 4.45. The fraction of sp³-hybridized carbons (Fsp3) is 0. The van der Waals surface area contributed by atoms with Crippen molar-refractivity contribution in [1.82, 2.24) is 5.16 Å². The van der Waals surface area contributed by atoms with Gasteiger partial charge in [-0.15, -0.1) is 0 Å². The Kier molecular flexibility index (Phi) is 3.00. The Hall–Kier alpha value is -2.02. The average molecular weight is 278 g/mol. The Morgan fingerprint density at radius 2 is 1.94 bits per heavy atom. The molecule has 0 spiro atoms. The number of aromatic carboxylic acids is 1. The summed E-state index contributed by atoms with van der Waals surface area (Å²) >= 11 is 5.17. The fourth-order valence-corrected chi connectivity index (χ4v) is 1.39. The lowest BCUT2D eigenvalue weighted by Crippen LogP contribution is -1.95. The molecule has 4 nitrogen and oxygen atoms in total. The van der Waals surface area contributed by atoms with Crippen molar-refractivity contribution in [2.75, 3.05) is 0 Å². The van der Waals surface area contributed by atoms with Gasteiger partial charge in [-0.25, -0.2) is 18.0 Å². The third-order valence-electron chi connectivity index (χ3n) is 2.10. The smallest absolute Gasteiger partial charge is 0.358 e. The van der Waals surface area contributed by atoms with Crippen molar-refractivity contribution in [3.05, 3.63) is 40.3 Å². The highest BCUT2D eigenvalue weighted by Crippen LogP contribution is 2.31. The van der Waals surface area contributed by atoms with Crippen molar-refractivity contribution in [3.8, 4) is 11.3 Å². The largest absolute Gasteiger partial charge is 0.476 e.